The van der Waals surface area contributed by atoms with Crippen LogP contribution in [0.25, 0.3) is 0 Å². The van der Waals surface area contributed by atoms with Crippen molar-refractivity contribution in [1.82, 2.24) is 0 Å². The molecule has 0 spiro atoms. The molecule has 4 aliphatic rings. The maximum atomic E-state index is 13.2. The van der Waals surface area contributed by atoms with Gasteiger partial charge in [0.1, 0.15) is 0 Å². The Morgan fingerprint density at radius 2 is 0.659 bits per heavy atom. The number of hydrogen-bond donors (Lipinski definition) is 0. The van der Waals surface area contributed by atoms with Gasteiger partial charge in [-0.1, -0.05) is 41.5 Å². The zero-order valence-corrected chi connectivity index (χ0v) is 29.3. The third-order valence-electron chi connectivity index (χ3n) is 10.6. The van der Waals surface area contributed by atoms with E-state index in [0.717, 1.165) is 89.4 Å². The van der Waals surface area contributed by atoms with Crippen LogP contribution in [0.5, 0.6) is 0 Å². The van der Waals surface area contributed by atoms with Gasteiger partial charge in [-0.15, -0.1) is 0 Å². The van der Waals surface area contributed by atoms with Gasteiger partial charge in [0.25, 0.3) is 0 Å². The fourth-order valence-electron chi connectivity index (χ4n) is 8.83. The molecule has 0 bridgehead atoms. The lowest BCUT2D eigenvalue weighted by atomic mass is 10.1. The molecule has 0 aromatic carbocycles. The summed E-state index contributed by atoms with van der Waals surface area (Å²) in [5.74, 6) is -0.722. The highest BCUT2D eigenvalue weighted by molar-refractivity contribution is 7.63. The van der Waals surface area contributed by atoms with Crippen LogP contribution in [-0.4, -0.2) is 85.3 Å². The molecule has 6 unspecified atom stereocenters. The van der Waals surface area contributed by atoms with E-state index in [0.29, 0.717) is 26.4 Å². The maximum Gasteiger partial charge on any atom is 0.309 e. The van der Waals surface area contributed by atoms with Crippen LogP contribution in [0.4, 0.5) is 0 Å². The molecular formula is C34H56O8P2. The van der Waals surface area contributed by atoms with Gasteiger partial charge in [-0.05, 0) is 114 Å². The fraction of sp³-hybridized carbons (Fsp3) is 0.882. The third-order valence-corrected chi connectivity index (χ3v) is 18.3. The van der Waals surface area contributed by atoms with Crippen LogP contribution in [0, 0.1) is 23.7 Å². The van der Waals surface area contributed by atoms with E-state index in [1.54, 1.807) is 0 Å². The molecule has 0 radical (unpaired) electrons. The number of carbonyl (C=O) groups excluding carboxylic acids is 4. The van der Waals surface area contributed by atoms with Crippen molar-refractivity contribution in [2.24, 2.45) is 23.7 Å². The Hall–Kier alpha value is -1.26. The molecule has 10 heteroatoms. The van der Waals surface area contributed by atoms with Crippen molar-refractivity contribution in [1.29, 1.82) is 0 Å². The lowest BCUT2D eigenvalue weighted by Crippen LogP contribution is -2.34. The zero-order chi connectivity index (χ0) is 31.6. The molecule has 44 heavy (non-hydrogen) atoms. The van der Waals surface area contributed by atoms with Crippen LogP contribution >= 0.6 is 15.8 Å². The highest BCUT2D eigenvalue weighted by Crippen LogP contribution is 2.65. The van der Waals surface area contributed by atoms with E-state index < -0.39 is 15.8 Å². The Morgan fingerprint density at radius 3 is 0.864 bits per heavy atom. The smallest absolute Gasteiger partial charge is 0.309 e. The van der Waals surface area contributed by atoms with Crippen molar-refractivity contribution in [2.75, 3.05) is 38.8 Å². The quantitative estimate of drug-likeness (QED) is 0.107. The Labute approximate surface area is 267 Å². The van der Waals surface area contributed by atoms with Crippen molar-refractivity contribution >= 4 is 39.7 Å². The summed E-state index contributed by atoms with van der Waals surface area (Å²) in [6.07, 6.45) is 13.4. The summed E-state index contributed by atoms with van der Waals surface area (Å²) in [6.45, 7) is 9.01. The van der Waals surface area contributed by atoms with Gasteiger partial charge in [0.15, 0.2) is 0 Å². The average Bonchev–Trinajstić information content (AvgIpc) is 3.83. The second-order valence-corrected chi connectivity index (χ2v) is 18.5. The SMILES string of the molecule is CCOC(=O)C1CCCC1P(CCP(C1CCC[C@@H]1C(=O)OCC)C1CCC[C@@H]1C(=O)OCC)C1CCC[C@@H]1C(=O)OCC. The first-order chi connectivity index (χ1) is 21.4. The van der Waals surface area contributed by atoms with Gasteiger partial charge in [-0.2, -0.15) is 0 Å². The zero-order valence-electron chi connectivity index (χ0n) is 27.5. The summed E-state index contributed by atoms with van der Waals surface area (Å²) < 4.78 is 22.3. The summed E-state index contributed by atoms with van der Waals surface area (Å²) >= 11 is 0. The third kappa shape index (κ3) is 8.36. The number of rotatable bonds is 15. The van der Waals surface area contributed by atoms with Gasteiger partial charge in [0, 0.05) is 0 Å². The lowest BCUT2D eigenvalue weighted by Gasteiger charge is -2.40. The van der Waals surface area contributed by atoms with Gasteiger partial charge >= 0.3 is 23.9 Å². The average molecular weight is 655 g/mol. The summed E-state index contributed by atoms with van der Waals surface area (Å²) in [4.78, 5) is 52.8. The second kappa shape index (κ2) is 17.6. The molecule has 0 aromatic heterocycles. The molecule has 0 aromatic rings. The Bertz CT molecular complexity index is 827. The molecule has 4 saturated carbocycles. The standard InChI is InChI=1S/C34H56O8P2/c1-5-39-31(35)23-13-9-17-27(23)43(28-18-10-14-24(28)32(36)40-6-2)21-22-44(29-19-11-15-25(29)33(37)41-7-3)30-20-12-16-26(30)34(38)42-8-4/h23-30H,5-22H2,1-4H3/t23-,24-,25-,26?,27?,28?,29?,30?,43?,44?/m0/s1. The lowest BCUT2D eigenvalue weighted by molar-refractivity contribution is -0.148. The van der Waals surface area contributed by atoms with Crippen LogP contribution in [0.15, 0.2) is 0 Å². The van der Waals surface area contributed by atoms with E-state index in [-0.39, 0.29) is 70.2 Å². The molecule has 9 atom stereocenters. The van der Waals surface area contributed by atoms with Crippen LogP contribution in [0.1, 0.15) is 105 Å². The van der Waals surface area contributed by atoms with E-state index in [9.17, 15) is 19.2 Å². The maximum absolute atomic E-state index is 13.2. The second-order valence-electron chi connectivity index (χ2n) is 12.9. The van der Waals surface area contributed by atoms with E-state index in [4.69, 9.17) is 18.9 Å². The molecule has 8 nitrogen and oxygen atoms in total. The number of hydrogen-bond acceptors (Lipinski definition) is 8. The van der Waals surface area contributed by atoms with Gasteiger partial charge in [0.2, 0.25) is 0 Å². The molecule has 4 rings (SSSR count). The number of esters is 4. The molecule has 0 saturated heterocycles. The Kier molecular flexibility index (Phi) is 14.2. The largest absolute Gasteiger partial charge is 0.466 e. The van der Waals surface area contributed by atoms with Gasteiger partial charge in [0.05, 0.1) is 50.1 Å². The molecular weight excluding hydrogens is 598 g/mol. The first-order valence-electron chi connectivity index (χ1n) is 17.5. The predicted molar refractivity (Wildman–Crippen MR) is 175 cm³/mol. The normalized spacial score (nSPS) is 33.1. The monoisotopic (exact) mass is 654 g/mol. The summed E-state index contributed by atoms with van der Waals surface area (Å²) in [5.41, 5.74) is 0.981. The van der Waals surface area contributed by atoms with E-state index >= 15 is 0 Å². The van der Waals surface area contributed by atoms with Crippen molar-refractivity contribution in [3.8, 4) is 0 Å². The van der Waals surface area contributed by atoms with E-state index in [1.807, 2.05) is 27.7 Å². The first kappa shape index (κ1) is 35.6. The van der Waals surface area contributed by atoms with Crippen LogP contribution in [0.3, 0.4) is 0 Å². The summed E-state index contributed by atoms with van der Waals surface area (Å²) in [5, 5.41) is 0. The molecule has 0 amide bonds. The minimum atomic E-state index is -0.680. The van der Waals surface area contributed by atoms with Crippen LogP contribution in [-0.2, 0) is 38.1 Å². The van der Waals surface area contributed by atoms with E-state index in [2.05, 4.69) is 0 Å². The number of carbonyl (C=O) groups is 4. The summed E-state index contributed by atoms with van der Waals surface area (Å²) in [7, 11) is -1.36. The Balaban J connectivity index is 1.65. The molecule has 0 heterocycles. The molecule has 0 aliphatic heterocycles. The fourth-order valence-corrected chi connectivity index (χ4v) is 18.0. The highest BCUT2D eigenvalue weighted by Gasteiger charge is 2.50. The molecule has 0 N–H and O–H groups in total. The molecule has 4 fully saturated rings. The number of ether oxygens (including phenoxy) is 4. The van der Waals surface area contributed by atoms with Gasteiger partial charge < -0.3 is 18.9 Å². The van der Waals surface area contributed by atoms with Gasteiger partial charge in [-0.25, -0.2) is 0 Å². The van der Waals surface area contributed by atoms with Crippen molar-refractivity contribution in [3.05, 3.63) is 0 Å². The van der Waals surface area contributed by atoms with Crippen molar-refractivity contribution in [3.63, 3.8) is 0 Å². The Morgan fingerprint density at radius 1 is 0.432 bits per heavy atom. The first-order valence-corrected chi connectivity index (χ1v) is 20.9. The summed E-state index contributed by atoms with van der Waals surface area (Å²) in [6, 6.07) is 0. The van der Waals surface area contributed by atoms with Crippen molar-refractivity contribution in [2.45, 2.75) is 127 Å². The van der Waals surface area contributed by atoms with Crippen LogP contribution in [0.2, 0.25) is 0 Å². The minimum Gasteiger partial charge on any atom is -0.466 e. The highest BCUT2D eigenvalue weighted by atomic mass is 31.1. The van der Waals surface area contributed by atoms with Gasteiger partial charge in [-0.3, -0.25) is 19.2 Å². The van der Waals surface area contributed by atoms with Crippen LogP contribution < -0.4 is 0 Å². The molecule has 250 valence electrons. The predicted octanol–water partition coefficient (Wildman–Crippen LogP) is 6.88. The minimum absolute atomic E-state index is 0.0771. The van der Waals surface area contributed by atoms with Crippen molar-refractivity contribution < 1.29 is 38.1 Å². The topological polar surface area (TPSA) is 105 Å². The molecule has 4 aliphatic carbocycles. The van der Waals surface area contributed by atoms with E-state index in [1.165, 1.54) is 0 Å².